The number of hydrogen-bond donors (Lipinski definition) is 2. The minimum Gasteiger partial charge on any atom is -0.347 e. The highest BCUT2D eigenvalue weighted by molar-refractivity contribution is 5.85. The van der Waals surface area contributed by atoms with Crippen molar-refractivity contribution in [1.82, 2.24) is 25.7 Å². The zero-order valence-corrected chi connectivity index (χ0v) is 14.4. The first-order chi connectivity index (χ1) is 10.7. The summed E-state index contributed by atoms with van der Waals surface area (Å²) in [5.41, 5.74) is 0. The Kier molecular flexibility index (Phi) is 6.80. The molecule has 1 amide bonds. The van der Waals surface area contributed by atoms with Gasteiger partial charge < -0.3 is 15.2 Å². The van der Waals surface area contributed by atoms with Gasteiger partial charge in [-0.3, -0.25) is 9.69 Å². The molecule has 130 valence electrons. The smallest absolute Gasteiger partial charge is 0.246 e. The summed E-state index contributed by atoms with van der Waals surface area (Å²) in [7, 11) is 2.06. The second-order valence-corrected chi connectivity index (χ2v) is 6.30. The third-order valence-electron chi connectivity index (χ3n) is 4.68. The van der Waals surface area contributed by atoms with Crippen LogP contribution in [0.4, 0.5) is 0 Å². The van der Waals surface area contributed by atoms with E-state index >= 15 is 0 Å². The maximum absolute atomic E-state index is 12.1. The van der Waals surface area contributed by atoms with Gasteiger partial charge in [-0.25, -0.2) is 0 Å². The van der Waals surface area contributed by atoms with Gasteiger partial charge in [-0.15, -0.1) is 12.4 Å². The molecular weight excluding hydrogens is 318 g/mol. The average Bonchev–Trinajstić information content (AvgIpc) is 3.02. The molecule has 0 bridgehead atoms. The number of amides is 1. The van der Waals surface area contributed by atoms with Crippen molar-refractivity contribution in [3.63, 3.8) is 0 Å². The molecule has 8 heteroatoms. The van der Waals surface area contributed by atoms with Crippen molar-refractivity contribution >= 4 is 18.3 Å². The molecule has 3 rings (SSSR count). The molecule has 1 aromatic rings. The van der Waals surface area contributed by atoms with E-state index in [4.69, 9.17) is 4.52 Å². The van der Waals surface area contributed by atoms with Gasteiger partial charge in [0.05, 0.1) is 12.6 Å². The summed E-state index contributed by atoms with van der Waals surface area (Å²) in [5, 5.41) is 10.3. The summed E-state index contributed by atoms with van der Waals surface area (Å²) in [5.74, 6) is 1.45. The molecule has 1 aliphatic carbocycles. The fourth-order valence-electron chi connectivity index (χ4n) is 3.24. The SMILES string of the molecule is CN1CCNCC1c1noc(CNC(=O)C2CCCCC2)n1.Cl. The Labute approximate surface area is 143 Å². The first-order valence-corrected chi connectivity index (χ1v) is 8.25. The summed E-state index contributed by atoms with van der Waals surface area (Å²) < 4.78 is 5.27. The van der Waals surface area contributed by atoms with Crippen LogP contribution in [0.2, 0.25) is 0 Å². The maximum atomic E-state index is 12.1. The second kappa shape index (κ2) is 8.61. The second-order valence-electron chi connectivity index (χ2n) is 6.30. The fraction of sp³-hybridized carbons (Fsp3) is 0.800. The molecule has 0 radical (unpaired) electrons. The Balaban J connectivity index is 0.00000192. The molecule has 1 saturated carbocycles. The molecule has 1 atom stereocenters. The Bertz CT molecular complexity index is 504. The van der Waals surface area contributed by atoms with Gasteiger partial charge >= 0.3 is 0 Å². The van der Waals surface area contributed by atoms with E-state index in [0.29, 0.717) is 18.3 Å². The van der Waals surface area contributed by atoms with E-state index in [0.717, 1.165) is 45.3 Å². The highest BCUT2D eigenvalue weighted by Gasteiger charge is 2.26. The van der Waals surface area contributed by atoms with Crippen molar-refractivity contribution in [3.05, 3.63) is 11.7 Å². The van der Waals surface area contributed by atoms with Crippen LogP contribution in [-0.2, 0) is 11.3 Å². The first kappa shape index (κ1) is 18.2. The van der Waals surface area contributed by atoms with Gasteiger partial charge in [-0.05, 0) is 19.9 Å². The lowest BCUT2D eigenvalue weighted by Gasteiger charge is -2.30. The number of hydrogen-bond acceptors (Lipinski definition) is 6. The number of nitrogens with one attached hydrogen (secondary N) is 2. The molecule has 1 aromatic heterocycles. The van der Waals surface area contributed by atoms with Crippen molar-refractivity contribution < 1.29 is 9.32 Å². The molecule has 7 nitrogen and oxygen atoms in total. The van der Waals surface area contributed by atoms with Gasteiger partial charge in [0.1, 0.15) is 0 Å². The highest BCUT2D eigenvalue weighted by atomic mass is 35.5. The van der Waals surface area contributed by atoms with Gasteiger partial charge in [0.25, 0.3) is 0 Å². The van der Waals surface area contributed by atoms with E-state index in [-0.39, 0.29) is 30.3 Å². The molecule has 1 saturated heterocycles. The largest absolute Gasteiger partial charge is 0.347 e. The van der Waals surface area contributed by atoms with Crippen LogP contribution >= 0.6 is 12.4 Å². The van der Waals surface area contributed by atoms with Crippen LogP contribution in [0.1, 0.15) is 49.9 Å². The van der Waals surface area contributed by atoms with Gasteiger partial charge in [0, 0.05) is 25.6 Å². The molecule has 2 aliphatic rings. The molecule has 23 heavy (non-hydrogen) atoms. The normalized spacial score (nSPS) is 23.3. The third kappa shape index (κ3) is 4.65. The number of aromatic nitrogens is 2. The Morgan fingerprint density at radius 3 is 2.91 bits per heavy atom. The van der Waals surface area contributed by atoms with Gasteiger partial charge in [-0.2, -0.15) is 4.98 Å². The molecule has 2 N–H and O–H groups in total. The standard InChI is InChI=1S/C15H25N5O2.ClH/c1-20-8-7-16-9-12(20)14-18-13(22-19-14)10-17-15(21)11-5-3-2-4-6-11;/h11-12,16H,2-10H2,1H3,(H,17,21);1H. The molecule has 0 spiro atoms. The molecule has 2 fully saturated rings. The molecule has 0 aromatic carbocycles. The first-order valence-electron chi connectivity index (χ1n) is 8.25. The lowest BCUT2D eigenvalue weighted by Crippen LogP contribution is -2.44. The molecular formula is C15H26ClN5O2. The van der Waals surface area contributed by atoms with Gasteiger partial charge in [-0.1, -0.05) is 24.4 Å². The van der Waals surface area contributed by atoms with E-state index in [1.54, 1.807) is 0 Å². The Hall–Kier alpha value is -1.18. The summed E-state index contributed by atoms with van der Waals surface area (Å²) in [6, 6.07) is 0.139. The molecule has 1 unspecified atom stereocenters. The fourth-order valence-corrected chi connectivity index (χ4v) is 3.24. The van der Waals surface area contributed by atoms with E-state index in [9.17, 15) is 4.79 Å². The van der Waals surface area contributed by atoms with E-state index in [1.165, 1.54) is 6.42 Å². The summed E-state index contributed by atoms with van der Waals surface area (Å²) >= 11 is 0. The topological polar surface area (TPSA) is 83.3 Å². The summed E-state index contributed by atoms with van der Waals surface area (Å²) in [6.07, 6.45) is 5.56. The van der Waals surface area contributed by atoms with Crippen molar-refractivity contribution in [2.24, 2.45) is 5.92 Å². The highest BCUT2D eigenvalue weighted by Crippen LogP contribution is 2.23. The quantitative estimate of drug-likeness (QED) is 0.856. The van der Waals surface area contributed by atoms with Crippen LogP contribution in [-0.4, -0.2) is 47.6 Å². The van der Waals surface area contributed by atoms with E-state index < -0.39 is 0 Å². The van der Waals surface area contributed by atoms with Crippen LogP contribution in [0.3, 0.4) is 0 Å². The van der Waals surface area contributed by atoms with Crippen LogP contribution in [0.15, 0.2) is 4.52 Å². The van der Waals surface area contributed by atoms with Crippen LogP contribution < -0.4 is 10.6 Å². The lowest BCUT2D eigenvalue weighted by molar-refractivity contribution is -0.126. The number of carbonyl (C=O) groups is 1. The number of nitrogens with zero attached hydrogens (tertiary/aromatic N) is 3. The number of likely N-dealkylation sites (N-methyl/N-ethyl adjacent to an activating group) is 1. The summed E-state index contributed by atoms with van der Waals surface area (Å²) in [4.78, 5) is 18.8. The minimum atomic E-state index is 0. The van der Waals surface area contributed by atoms with E-state index in [2.05, 4.69) is 32.7 Å². The molecule has 2 heterocycles. The van der Waals surface area contributed by atoms with Crippen molar-refractivity contribution in [2.75, 3.05) is 26.7 Å². The number of rotatable bonds is 4. The average molecular weight is 344 g/mol. The zero-order chi connectivity index (χ0) is 15.4. The zero-order valence-electron chi connectivity index (χ0n) is 13.6. The van der Waals surface area contributed by atoms with Crippen molar-refractivity contribution in [3.8, 4) is 0 Å². The minimum absolute atomic E-state index is 0. The predicted octanol–water partition coefficient (Wildman–Crippen LogP) is 1.26. The van der Waals surface area contributed by atoms with Crippen LogP contribution in [0, 0.1) is 5.92 Å². The van der Waals surface area contributed by atoms with Crippen molar-refractivity contribution in [2.45, 2.75) is 44.7 Å². The lowest BCUT2D eigenvalue weighted by atomic mass is 9.89. The Morgan fingerprint density at radius 2 is 2.17 bits per heavy atom. The Morgan fingerprint density at radius 1 is 1.39 bits per heavy atom. The predicted molar refractivity (Wildman–Crippen MR) is 88.2 cm³/mol. The number of carbonyl (C=O) groups excluding carboxylic acids is 1. The number of piperazine rings is 1. The number of halogens is 1. The van der Waals surface area contributed by atoms with E-state index in [1.807, 2.05) is 0 Å². The van der Waals surface area contributed by atoms with Gasteiger partial charge in [0.15, 0.2) is 5.82 Å². The van der Waals surface area contributed by atoms with Crippen LogP contribution in [0.5, 0.6) is 0 Å². The third-order valence-corrected chi connectivity index (χ3v) is 4.68. The monoisotopic (exact) mass is 343 g/mol. The van der Waals surface area contributed by atoms with Gasteiger partial charge in [0.2, 0.25) is 11.8 Å². The maximum Gasteiger partial charge on any atom is 0.246 e. The van der Waals surface area contributed by atoms with Crippen molar-refractivity contribution in [1.29, 1.82) is 0 Å². The van der Waals surface area contributed by atoms with Crippen LogP contribution in [0.25, 0.3) is 0 Å². The molecule has 1 aliphatic heterocycles. The summed E-state index contributed by atoms with van der Waals surface area (Å²) in [6.45, 7) is 3.10.